The van der Waals surface area contributed by atoms with Crippen LogP contribution < -0.4 is 10.6 Å². The SMILES string of the molecule is C1=CSCS1.CC(C)Nc1ccccc1Nc1ccccc1.c1ncncn1. The first-order valence-electron chi connectivity index (χ1n) is 8.86. The van der Waals surface area contributed by atoms with Gasteiger partial charge in [-0.25, -0.2) is 15.0 Å². The Labute approximate surface area is 175 Å². The molecule has 0 saturated heterocycles. The van der Waals surface area contributed by atoms with Gasteiger partial charge < -0.3 is 10.6 Å². The van der Waals surface area contributed by atoms with E-state index in [1.807, 2.05) is 53.9 Å². The monoisotopic (exact) mass is 411 g/mol. The van der Waals surface area contributed by atoms with Crippen LogP contribution in [0.5, 0.6) is 0 Å². The van der Waals surface area contributed by atoms with Crippen molar-refractivity contribution in [3.63, 3.8) is 0 Å². The van der Waals surface area contributed by atoms with Gasteiger partial charge in [0.2, 0.25) is 0 Å². The van der Waals surface area contributed by atoms with Crippen molar-refractivity contribution in [2.75, 3.05) is 15.7 Å². The molecule has 0 fully saturated rings. The summed E-state index contributed by atoms with van der Waals surface area (Å²) >= 11 is 3.71. The molecule has 2 aromatic carbocycles. The van der Waals surface area contributed by atoms with Gasteiger partial charge >= 0.3 is 0 Å². The summed E-state index contributed by atoms with van der Waals surface area (Å²) in [5, 5.41) is 12.3. The summed E-state index contributed by atoms with van der Waals surface area (Å²) in [4.78, 5) is 10.7. The third-order valence-electron chi connectivity index (χ3n) is 3.21. The lowest BCUT2D eigenvalue weighted by molar-refractivity contribution is 0.900. The molecule has 0 unspecified atom stereocenters. The molecule has 0 atom stereocenters. The van der Waals surface area contributed by atoms with Gasteiger partial charge in [-0.05, 0) is 48.9 Å². The average molecular weight is 412 g/mol. The molecule has 3 aromatic rings. The lowest BCUT2D eigenvalue weighted by Crippen LogP contribution is -2.11. The molecule has 1 aromatic heterocycles. The van der Waals surface area contributed by atoms with Crippen LogP contribution in [0, 0.1) is 0 Å². The second-order valence-electron chi connectivity index (χ2n) is 5.85. The number of para-hydroxylation sites is 3. The van der Waals surface area contributed by atoms with E-state index in [0.717, 1.165) is 17.1 Å². The first-order chi connectivity index (χ1) is 13.8. The zero-order valence-electron chi connectivity index (χ0n) is 16.0. The van der Waals surface area contributed by atoms with Gasteiger partial charge in [-0.2, -0.15) is 0 Å². The second kappa shape index (κ2) is 13.6. The zero-order chi connectivity index (χ0) is 19.9. The molecule has 146 valence electrons. The Kier molecular flexibility index (Phi) is 10.6. The Hall–Kier alpha value is -2.51. The molecule has 1 aliphatic rings. The fourth-order valence-corrected chi connectivity index (χ4v) is 3.68. The van der Waals surface area contributed by atoms with Crippen LogP contribution in [-0.2, 0) is 0 Å². The highest BCUT2D eigenvalue weighted by Crippen LogP contribution is 2.25. The first kappa shape index (κ1) is 21.8. The largest absolute Gasteiger partial charge is 0.381 e. The maximum Gasteiger partial charge on any atom is 0.119 e. The number of anilines is 3. The molecule has 2 heterocycles. The molecule has 0 spiro atoms. The minimum atomic E-state index is 0.425. The summed E-state index contributed by atoms with van der Waals surface area (Å²) in [6.45, 7) is 4.28. The predicted octanol–water partition coefficient (Wildman–Crippen LogP) is 6.02. The van der Waals surface area contributed by atoms with Gasteiger partial charge in [-0.1, -0.05) is 30.3 Å². The summed E-state index contributed by atoms with van der Waals surface area (Å²) in [5.74, 6) is 0. The number of rotatable bonds is 4. The number of nitrogens with zero attached hydrogens (tertiary/aromatic N) is 3. The predicted molar refractivity (Wildman–Crippen MR) is 124 cm³/mol. The van der Waals surface area contributed by atoms with Gasteiger partial charge in [0, 0.05) is 16.8 Å². The third kappa shape index (κ3) is 9.43. The average Bonchev–Trinajstić information content (AvgIpc) is 3.32. The maximum absolute atomic E-state index is 3.56. The molecule has 0 amide bonds. The Morgan fingerprint density at radius 3 is 1.75 bits per heavy atom. The highest BCUT2D eigenvalue weighted by atomic mass is 32.2. The van der Waals surface area contributed by atoms with Crippen LogP contribution in [0.4, 0.5) is 17.1 Å². The molecule has 28 heavy (non-hydrogen) atoms. The molecule has 0 radical (unpaired) electrons. The molecule has 0 bridgehead atoms. The minimum Gasteiger partial charge on any atom is -0.381 e. The van der Waals surface area contributed by atoms with Crippen molar-refractivity contribution in [1.29, 1.82) is 0 Å². The summed E-state index contributed by atoms with van der Waals surface area (Å²) < 4.78 is 0. The first-order valence-corrected chi connectivity index (χ1v) is 11.0. The van der Waals surface area contributed by atoms with Gasteiger partial charge in [0.25, 0.3) is 0 Å². The van der Waals surface area contributed by atoms with E-state index in [-0.39, 0.29) is 0 Å². The standard InChI is InChI=1S/C15H18N2.C3H3N3.C3H4S2/c1-12(2)16-14-10-6-7-11-15(14)17-13-8-4-3-5-9-13;1-4-2-6-3-5-1;1-2-5-3-4-1/h3-12,16-17H,1-2H3;1-3H;1-2H,3H2. The van der Waals surface area contributed by atoms with Crippen molar-refractivity contribution in [2.45, 2.75) is 19.9 Å². The molecule has 1 aliphatic heterocycles. The summed E-state index contributed by atoms with van der Waals surface area (Å²) in [6.07, 6.45) is 4.31. The van der Waals surface area contributed by atoms with Crippen molar-refractivity contribution < 1.29 is 0 Å². The van der Waals surface area contributed by atoms with E-state index in [4.69, 9.17) is 0 Å². The summed E-state index contributed by atoms with van der Waals surface area (Å²) in [5.41, 5.74) is 3.34. The van der Waals surface area contributed by atoms with Crippen LogP contribution in [0.1, 0.15) is 13.8 Å². The number of thioether (sulfide) groups is 2. The number of aromatic nitrogens is 3. The highest BCUT2D eigenvalue weighted by molar-refractivity contribution is 8.21. The third-order valence-corrected chi connectivity index (χ3v) is 5.13. The quantitative estimate of drug-likeness (QED) is 0.544. The highest BCUT2D eigenvalue weighted by Gasteiger charge is 2.02. The molecule has 4 rings (SSSR count). The van der Waals surface area contributed by atoms with E-state index in [1.165, 1.54) is 24.1 Å². The van der Waals surface area contributed by atoms with Crippen molar-refractivity contribution in [2.24, 2.45) is 0 Å². The Balaban J connectivity index is 0.000000206. The van der Waals surface area contributed by atoms with E-state index in [1.54, 1.807) is 0 Å². The van der Waals surface area contributed by atoms with Crippen LogP contribution in [0.25, 0.3) is 0 Å². The van der Waals surface area contributed by atoms with Crippen LogP contribution >= 0.6 is 23.5 Å². The number of benzene rings is 2. The second-order valence-corrected chi connectivity index (χ2v) is 8.01. The van der Waals surface area contributed by atoms with Crippen LogP contribution in [0.3, 0.4) is 0 Å². The van der Waals surface area contributed by atoms with E-state index >= 15 is 0 Å². The number of nitrogens with one attached hydrogen (secondary N) is 2. The molecule has 7 heteroatoms. The smallest absolute Gasteiger partial charge is 0.119 e. The van der Waals surface area contributed by atoms with Gasteiger partial charge in [0.1, 0.15) is 19.0 Å². The van der Waals surface area contributed by atoms with Crippen molar-refractivity contribution >= 4 is 40.6 Å². The van der Waals surface area contributed by atoms with Gasteiger partial charge in [-0.3, -0.25) is 0 Å². The Morgan fingerprint density at radius 2 is 1.29 bits per heavy atom. The number of hydrogen-bond acceptors (Lipinski definition) is 7. The van der Waals surface area contributed by atoms with Crippen molar-refractivity contribution in [3.05, 3.63) is 84.4 Å². The molecule has 0 aliphatic carbocycles. The van der Waals surface area contributed by atoms with Crippen molar-refractivity contribution in [3.8, 4) is 0 Å². The normalized spacial score (nSPS) is 11.7. The fourth-order valence-electron chi connectivity index (χ4n) is 2.11. The van der Waals surface area contributed by atoms with Crippen LogP contribution in [0.2, 0.25) is 0 Å². The van der Waals surface area contributed by atoms with Gasteiger partial charge in [0.05, 0.1) is 11.4 Å². The van der Waals surface area contributed by atoms with E-state index in [9.17, 15) is 0 Å². The molecule has 0 saturated carbocycles. The van der Waals surface area contributed by atoms with E-state index < -0.39 is 0 Å². The minimum absolute atomic E-state index is 0.425. The molecule has 5 nitrogen and oxygen atoms in total. The van der Waals surface area contributed by atoms with Gasteiger partial charge in [0.15, 0.2) is 0 Å². The lowest BCUT2D eigenvalue weighted by Gasteiger charge is -2.16. The van der Waals surface area contributed by atoms with E-state index in [2.05, 4.69) is 74.5 Å². The lowest BCUT2D eigenvalue weighted by atomic mass is 10.2. The Morgan fingerprint density at radius 1 is 0.750 bits per heavy atom. The number of hydrogen-bond donors (Lipinski definition) is 2. The summed E-state index contributed by atoms with van der Waals surface area (Å²) in [7, 11) is 0. The molecule has 2 N–H and O–H groups in total. The van der Waals surface area contributed by atoms with E-state index in [0.29, 0.717) is 6.04 Å². The van der Waals surface area contributed by atoms with Crippen LogP contribution in [-0.4, -0.2) is 26.1 Å². The van der Waals surface area contributed by atoms with Crippen molar-refractivity contribution in [1.82, 2.24) is 15.0 Å². The molecular formula is C21H25N5S2. The van der Waals surface area contributed by atoms with Crippen LogP contribution in [0.15, 0.2) is 84.4 Å². The zero-order valence-corrected chi connectivity index (χ0v) is 17.7. The van der Waals surface area contributed by atoms with Gasteiger partial charge in [-0.15, -0.1) is 23.5 Å². The summed E-state index contributed by atoms with van der Waals surface area (Å²) in [6, 6.07) is 18.9. The maximum atomic E-state index is 3.56. The Bertz CT molecular complexity index is 765. The topological polar surface area (TPSA) is 62.7 Å². The fraction of sp³-hybridized carbons (Fsp3) is 0.190. The molecular weight excluding hydrogens is 386 g/mol.